The van der Waals surface area contributed by atoms with Crippen molar-refractivity contribution in [2.75, 3.05) is 5.32 Å². The summed E-state index contributed by atoms with van der Waals surface area (Å²) < 4.78 is 30.4. The summed E-state index contributed by atoms with van der Waals surface area (Å²) in [6.45, 7) is -0.585. The summed E-state index contributed by atoms with van der Waals surface area (Å²) in [6.07, 6.45) is 1.46. The van der Waals surface area contributed by atoms with E-state index in [0.29, 0.717) is 5.56 Å². The van der Waals surface area contributed by atoms with Crippen molar-refractivity contribution < 1.29 is 13.6 Å². The summed E-state index contributed by atoms with van der Waals surface area (Å²) in [4.78, 5) is 38.5. The maximum atomic E-state index is 13.8. The Bertz CT molecular complexity index is 1400. The van der Waals surface area contributed by atoms with Crippen LogP contribution in [0.4, 0.5) is 14.5 Å². The summed E-state index contributed by atoms with van der Waals surface area (Å²) in [7, 11) is 1.58. The lowest BCUT2D eigenvalue weighted by Crippen LogP contribution is -2.41. The van der Waals surface area contributed by atoms with Crippen LogP contribution in [0.3, 0.4) is 0 Å². The van der Waals surface area contributed by atoms with Crippen LogP contribution in [0.25, 0.3) is 11.0 Å². The fraction of sp³-hybridized carbons (Fsp3) is 0.143. The number of benzene rings is 2. The molecule has 0 aliphatic heterocycles. The van der Waals surface area contributed by atoms with Crippen molar-refractivity contribution in [2.24, 2.45) is 7.05 Å². The van der Waals surface area contributed by atoms with Crippen molar-refractivity contribution in [2.45, 2.75) is 13.1 Å². The number of carbonyl (C=O) groups is 1. The molecule has 158 valence electrons. The maximum absolute atomic E-state index is 13.8. The lowest BCUT2D eigenvalue weighted by molar-refractivity contribution is -0.116. The molecule has 1 N–H and O–H groups in total. The molecule has 0 bridgehead atoms. The molecule has 0 radical (unpaired) electrons. The molecule has 4 rings (SSSR count). The number of halogens is 2. The summed E-state index contributed by atoms with van der Waals surface area (Å²) >= 11 is 0. The van der Waals surface area contributed by atoms with E-state index in [1.807, 2.05) is 0 Å². The van der Waals surface area contributed by atoms with E-state index in [4.69, 9.17) is 0 Å². The molecule has 31 heavy (non-hydrogen) atoms. The predicted octanol–water partition coefficient (Wildman–Crippen LogP) is 1.86. The van der Waals surface area contributed by atoms with Gasteiger partial charge >= 0.3 is 5.69 Å². The number of anilines is 1. The quantitative estimate of drug-likeness (QED) is 0.529. The third-order valence-corrected chi connectivity index (χ3v) is 4.71. The third-order valence-electron chi connectivity index (χ3n) is 4.71. The minimum absolute atomic E-state index is 0.00269. The van der Waals surface area contributed by atoms with Gasteiger partial charge < -0.3 is 5.32 Å². The molecule has 0 fully saturated rings. The molecule has 10 heteroatoms. The number of rotatable bonds is 5. The van der Waals surface area contributed by atoms with Gasteiger partial charge in [-0.1, -0.05) is 24.3 Å². The van der Waals surface area contributed by atoms with Gasteiger partial charge in [0.05, 0.1) is 17.7 Å². The van der Waals surface area contributed by atoms with Gasteiger partial charge in [0, 0.05) is 13.2 Å². The fourth-order valence-electron chi connectivity index (χ4n) is 3.25. The van der Waals surface area contributed by atoms with Crippen LogP contribution in [0.15, 0.2) is 64.3 Å². The van der Waals surface area contributed by atoms with Crippen LogP contribution in [0.2, 0.25) is 0 Å². The van der Waals surface area contributed by atoms with Crippen LogP contribution < -0.4 is 16.6 Å². The molecule has 2 heterocycles. The zero-order chi connectivity index (χ0) is 22.1. The summed E-state index contributed by atoms with van der Waals surface area (Å²) in [6, 6.07) is 11.0. The van der Waals surface area contributed by atoms with Gasteiger partial charge in [0.15, 0.2) is 5.52 Å². The highest BCUT2D eigenvalue weighted by Gasteiger charge is 2.19. The van der Waals surface area contributed by atoms with Gasteiger partial charge in [0.2, 0.25) is 5.91 Å². The molecule has 4 aromatic rings. The number of aromatic nitrogens is 4. The number of hydrogen-bond donors (Lipinski definition) is 1. The molecular weight excluding hydrogens is 408 g/mol. The van der Waals surface area contributed by atoms with Crippen molar-refractivity contribution in [1.29, 1.82) is 0 Å². The number of nitrogens with one attached hydrogen (secondary N) is 1. The molecule has 1 amide bonds. The highest BCUT2D eigenvalue weighted by atomic mass is 19.1. The van der Waals surface area contributed by atoms with Gasteiger partial charge in [-0.25, -0.2) is 13.6 Å². The Morgan fingerprint density at radius 3 is 2.45 bits per heavy atom. The average molecular weight is 425 g/mol. The number of hydrogen-bond acceptors (Lipinski definition) is 4. The highest BCUT2D eigenvalue weighted by Crippen LogP contribution is 2.13. The summed E-state index contributed by atoms with van der Waals surface area (Å²) in [5.41, 5.74) is -0.686. The molecular formula is C21H17F2N5O3. The van der Waals surface area contributed by atoms with Gasteiger partial charge in [-0.3, -0.25) is 23.4 Å². The molecule has 0 saturated carbocycles. The first-order valence-electron chi connectivity index (χ1n) is 9.29. The molecule has 8 nitrogen and oxygen atoms in total. The first-order chi connectivity index (χ1) is 14.8. The largest absolute Gasteiger partial charge is 0.332 e. The molecule has 0 unspecified atom stereocenters. The van der Waals surface area contributed by atoms with Crippen molar-refractivity contribution in [3.05, 3.63) is 92.8 Å². The lowest BCUT2D eigenvalue weighted by Gasteiger charge is -2.12. The van der Waals surface area contributed by atoms with E-state index < -0.39 is 35.3 Å². The number of amides is 1. The van der Waals surface area contributed by atoms with Gasteiger partial charge in [0.1, 0.15) is 18.2 Å². The smallest absolute Gasteiger partial charge is 0.322 e. The minimum Gasteiger partial charge on any atom is -0.322 e. The Morgan fingerprint density at radius 1 is 1.03 bits per heavy atom. The molecule has 0 saturated heterocycles. The van der Waals surface area contributed by atoms with E-state index in [9.17, 15) is 23.2 Å². The Kier molecular flexibility index (Phi) is 5.20. The SMILES string of the molecule is Cn1cc2c(n1)c(=O)n(Cc1ccc(F)cc1)c(=O)n2CC(=O)Nc1ccccc1F. The first-order valence-corrected chi connectivity index (χ1v) is 9.29. The fourth-order valence-corrected chi connectivity index (χ4v) is 3.25. The third kappa shape index (κ3) is 4.00. The van der Waals surface area contributed by atoms with Crippen molar-refractivity contribution in [1.82, 2.24) is 18.9 Å². The number of para-hydroxylation sites is 1. The number of fused-ring (bicyclic) bond motifs is 1. The summed E-state index contributed by atoms with van der Waals surface area (Å²) in [5.74, 6) is -1.71. The van der Waals surface area contributed by atoms with Crippen molar-refractivity contribution in [3.63, 3.8) is 0 Å². The van der Waals surface area contributed by atoms with E-state index in [1.54, 1.807) is 13.1 Å². The lowest BCUT2D eigenvalue weighted by atomic mass is 10.2. The van der Waals surface area contributed by atoms with E-state index in [1.165, 1.54) is 53.3 Å². The van der Waals surface area contributed by atoms with E-state index >= 15 is 0 Å². The van der Waals surface area contributed by atoms with Crippen LogP contribution in [-0.4, -0.2) is 24.8 Å². The molecule has 0 atom stereocenters. The van der Waals surface area contributed by atoms with E-state index in [-0.39, 0.29) is 23.3 Å². The second-order valence-corrected chi connectivity index (χ2v) is 6.95. The van der Waals surface area contributed by atoms with Gasteiger partial charge in [-0.05, 0) is 29.8 Å². The topological polar surface area (TPSA) is 90.9 Å². The molecule has 0 aliphatic rings. The first kappa shape index (κ1) is 20.2. The standard InChI is InChI=1S/C21H17F2N5O3/c1-26-11-17-19(25-26)20(30)28(10-13-6-8-14(22)9-7-13)21(31)27(17)12-18(29)24-16-5-3-2-4-15(16)23/h2-9,11H,10,12H2,1H3,(H,24,29). The molecule has 0 spiro atoms. The van der Waals surface area contributed by atoms with Crippen LogP contribution >= 0.6 is 0 Å². The Morgan fingerprint density at radius 2 is 1.74 bits per heavy atom. The van der Waals surface area contributed by atoms with Gasteiger partial charge in [-0.15, -0.1) is 0 Å². The number of aryl methyl sites for hydroxylation is 1. The van der Waals surface area contributed by atoms with Gasteiger partial charge in [0.25, 0.3) is 5.56 Å². The Hall–Kier alpha value is -4.08. The number of carbonyl (C=O) groups excluding carboxylic acids is 1. The average Bonchev–Trinajstić information content (AvgIpc) is 3.13. The van der Waals surface area contributed by atoms with Crippen molar-refractivity contribution in [3.8, 4) is 0 Å². The highest BCUT2D eigenvalue weighted by molar-refractivity contribution is 5.91. The second kappa shape index (κ2) is 7.98. The molecule has 0 aliphatic carbocycles. The zero-order valence-electron chi connectivity index (χ0n) is 16.4. The van der Waals surface area contributed by atoms with E-state index in [2.05, 4.69) is 10.4 Å². The zero-order valence-corrected chi connectivity index (χ0v) is 16.4. The van der Waals surface area contributed by atoms with Crippen LogP contribution in [0.1, 0.15) is 5.56 Å². The second-order valence-electron chi connectivity index (χ2n) is 6.95. The summed E-state index contributed by atoms with van der Waals surface area (Å²) in [5, 5.41) is 6.53. The Labute approximate surface area is 174 Å². The Balaban J connectivity index is 1.76. The normalized spacial score (nSPS) is 11.1. The van der Waals surface area contributed by atoms with Crippen molar-refractivity contribution >= 4 is 22.6 Å². The molecule has 2 aromatic carbocycles. The van der Waals surface area contributed by atoms with Crippen LogP contribution in [0, 0.1) is 11.6 Å². The van der Waals surface area contributed by atoms with Crippen LogP contribution in [-0.2, 0) is 24.9 Å². The number of nitrogens with zero attached hydrogens (tertiary/aromatic N) is 4. The van der Waals surface area contributed by atoms with E-state index in [0.717, 1.165) is 9.13 Å². The van der Waals surface area contributed by atoms with Crippen LogP contribution in [0.5, 0.6) is 0 Å². The predicted molar refractivity (Wildman–Crippen MR) is 110 cm³/mol. The molecule has 2 aromatic heterocycles. The monoisotopic (exact) mass is 425 g/mol. The maximum Gasteiger partial charge on any atom is 0.332 e. The minimum atomic E-state index is -0.737. The van der Waals surface area contributed by atoms with Gasteiger partial charge in [-0.2, -0.15) is 5.10 Å².